The molecule has 0 saturated carbocycles. The Morgan fingerprint density at radius 3 is 2.74 bits per heavy atom. The maximum absolute atomic E-state index is 12.5. The van der Waals surface area contributed by atoms with Gasteiger partial charge in [-0.05, 0) is 32.0 Å². The Morgan fingerprint density at radius 2 is 2.21 bits per heavy atom. The lowest BCUT2D eigenvalue weighted by atomic mass is 10.1. The molecule has 0 unspecified atom stereocenters. The lowest BCUT2D eigenvalue weighted by Crippen LogP contribution is -2.37. The van der Waals surface area contributed by atoms with Crippen molar-refractivity contribution in [3.05, 3.63) is 28.8 Å². The molecule has 0 radical (unpaired) electrons. The molecular formula is C14H17ClN2O2. The fourth-order valence-electron chi connectivity index (χ4n) is 1.76. The van der Waals surface area contributed by atoms with Crippen LogP contribution in [0.4, 0.5) is 0 Å². The average Bonchev–Trinajstić information content (AvgIpc) is 2.38. The van der Waals surface area contributed by atoms with Crippen LogP contribution in [0.2, 0.25) is 5.02 Å². The SMILES string of the molecule is COc1cc(Cl)ccc1C(=O)N(CCC#N)C(C)C. The summed E-state index contributed by atoms with van der Waals surface area (Å²) < 4.78 is 5.18. The molecule has 0 N–H and O–H groups in total. The van der Waals surface area contributed by atoms with Crippen molar-refractivity contribution in [2.45, 2.75) is 26.3 Å². The summed E-state index contributed by atoms with van der Waals surface area (Å²) >= 11 is 5.88. The van der Waals surface area contributed by atoms with Crippen molar-refractivity contribution in [1.82, 2.24) is 4.90 Å². The van der Waals surface area contributed by atoms with Crippen LogP contribution in [0.15, 0.2) is 18.2 Å². The lowest BCUT2D eigenvalue weighted by molar-refractivity contribution is 0.0707. The topological polar surface area (TPSA) is 53.3 Å². The number of carbonyl (C=O) groups excluding carboxylic acids is 1. The molecular weight excluding hydrogens is 264 g/mol. The fourth-order valence-corrected chi connectivity index (χ4v) is 1.92. The maximum atomic E-state index is 12.5. The summed E-state index contributed by atoms with van der Waals surface area (Å²) in [6.07, 6.45) is 0.305. The third-order valence-corrected chi connectivity index (χ3v) is 2.98. The molecule has 0 fully saturated rings. The van der Waals surface area contributed by atoms with Gasteiger partial charge < -0.3 is 9.64 Å². The van der Waals surface area contributed by atoms with Crippen molar-refractivity contribution in [3.63, 3.8) is 0 Å². The zero-order valence-electron chi connectivity index (χ0n) is 11.3. The molecule has 0 aromatic heterocycles. The minimum atomic E-state index is -0.154. The molecule has 4 nitrogen and oxygen atoms in total. The van der Waals surface area contributed by atoms with E-state index in [1.807, 2.05) is 13.8 Å². The van der Waals surface area contributed by atoms with Gasteiger partial charge in [0.25, 0.3) is 5.91 Å². The summed E-state index contributed by atoms with van der Waals surface area (Å²) in [5.74, 6) is 0.291. The van der Waals surface area contributed by atoms with Crippen LogP contribution in [-0.2, 0) is 0 Å². The number of nitriles is 1. The molecule has 1 amide bonds. The summed E-state index contributed by atoms with van der Waals surface area (Å²) in [5, 5.41) is 9.17. The van der Waals surface area contributed by atoms with E-state index in [0.29, 0.717) is 29.3 Å². The van der Waals surface area contributed by atoms with E-state index in [2.05, 4.69) is 6.07 Å². The van der Waals surface area contributed by atoms with E-state index in [4.69, 9.17) is 21.6 Å². The first-order valence-corrected chi connectivity index (χ1v) is 6.40. The van der Waals surface area contributed by atoms with Gasteiger partial charge in [-0.25, -0.2) is 0 Å². The fraction of sp³-hybridized carbons (Fsp3) is 0.429. The molecule has 1 rings (SSSR count). The predicted octanol–water partition coefficient (Wildman–Crippen LogP) is 3.11. The number of amides is 1. The molecule has 0 aliphatic carbocycles. The third-order valence-electron chi connectivity index (χ3n) is 2.74. The largest absolute Gasteiger partial charge is 0.496 e. The highest BCUT2D eigenvalue weighted by Crippen LogP contribution is 2.25. The zero-order valence-corrected chi connectivity index (χ0v) is 12.1. The molecule has 0 spiro atoms. The van der Waals surface area contributed by atoms with Crippen molar-refractivity contribution < 1.29 is 9.53 Å². The molecule has 5 heteroatoms. The van der Waals surface area contributed by atoms with Crippen LogP contribution < -0.4 is 4.74 Å². The summed E-state index contributed by atoms with van der Waals surface area (Å²) in [6.45, 7) is 4.23. The van der Waals surface area contributed by atoms with Gasteiger partial charge in [0.05, 0.1) is 25.2 Å². The number of methoxy groups -OCH3 is 1. The van der Waals surface area contributed by atoms with Gasteiger partial charge in [0.15, 0.2) is 0 Å². The van der Waals surface area contributed by atoms with Gasteiger partial charge in [-0.15, -0.1) is 0 Å². The molecule has 0 atom stereocenters. The molecule has 0 bridgehead atoms. The second-order valence-corrected chi connectivity index (χ2v) is 4.78. The zero-order chi connectivity index (χ0) is 14.4. The molecule has 1 aromatic carbocycles. The normalized spacial score (nSPS) is 10.1. The summed E-state index contributed by atoms with van der Waals surface area (Å²) in [5.41, 5.74) is 0.457. The summed E-state index contributed by atoms with van der Waals surface area (Å²) in [6, 6.07) is 6.97. The number of nitrogens with zero attached hydrogens (tertiary/aromatic N) is 2. The third kappa shape index (κ3) is 3.87. The van der Waals surface area contributed by atoms with Gasteiger partial charge in [0.2, 0.25) is 0 Å². The highest BCUT2D eigenvalue weighted by Gasteiger charge is 2.21. The number of halogens is 1. The number of hydrogen-bond acceptors (Lipinski definition) is 3. The van der Waals surface area contributed by atoms with E-state index in [-0.39, 0.29) is 11.9 Å². The number of rotatable bonds is 5. The quantitative estimate of drug-likeness (QED) is 0.833. The first-order chi connectivity index (χ1) is 9.01. The van der Waals surface area contributed by atoms with Crippen LogP contribution in [0.1, 0.15) is 30.6 Å². The van der Waals surface area contributed by atoms with E-state index in [9.17, 15) is 4.79 Å². The number of ether oxygens (including phenoxy) is 1. The smallest absolute Gasteiger partial charge is 0.257 e. The Labute approximate surface area is 118 Å². The van der Waals surface area contributed by atoms with Crippen LogP contribution in [0.3, 0.4) is 0 Å². The minimum Gasteiger partial charge on any atom is -0.496 e. The van der Waals surface area contributed by atoms with Crippen molar-refractivity contribution in [3.8, 4) is 11.8 Å². The number of carbonyl (C=O) groups is 1. The Hall–Kier alpha value is -1.73. The average molecular weight is 281 g/mol. The Kier molecular flexibility index (Phi) is 5.65. The van der Waals surface area contributed by atoms with E-state index in [0.717, 1.165) is 0 Å². The molecule has 1 aromatic rings. The van der Waals surface area contributed by atoms with Gasteiger partial charge in [-0.1, -0.05) is 11.6 Å². The lowest BCUT2D eigenvalue weighted by Gasteiger charge is -2.26. The van der Waals surface area contributed by atoms with E-state index < -0.39 is 0 Å². The van der Waals surface area contributed by atoms with Crippen LogP contribution in [0.5, 0.6) is 5.75 Å². The van der Waals surface area contributed by atoms with Crippen LogP contribution in [0.25, 0.3) is 0 Å². The van der Waals surface area contributed by atoms with E-state index in [1.165, 1.54) is 7.11 Å². The molecule has 0 aliphatic heterocycles. The first kappa shape index (κ1) is 15.3. The minimum absolute atomic E-state index is 0.0150. The van der Waals surface area contributed by atoms with Gasteiger partial charge >= 0.3 is 0 Å². The highest BCUT2D eigenvalue weighted by atomic mass is 35.5. The molecule has 0 heterocycles. The highest BCUT2D eigenvalue weighted by molar-refractivity contribution is 6.30. The number of benzene rings is 1. The van der Waals surface area contributed by atoms with E-state index >= 15 is 0 Å². The summed E-state index contributed by atoms with van der Waals surface area (Å²) in [4.78, 5) is 14.1. The van der Waals surface area contributed by atoms with Crippen LogP contribution in [0, 0.1) is 11.3 Å². The second kappa shape index (κ2) is 7.01. The standard InChI is InChI=1S/C14H17ClN2O2/c1-10(2)17(8-4-7-16)14(18)12-6-5-11(15)9-13(12)19-3/h5-6,9-10H,4,8H2,1-3H3. The second-order valence-electron chi connectivity index (χ2n) is 4.35. The number of hydrogen-bond donors (Lipinski definition) is 0. The van der Waals surface area contributed by atoms with Gasteiger partial charge in [0.1, 0.15) is 5.75 Å². The van der Waals surface area contributed by atoms with Gasteiger partial charge in [-0.3, -0.25) is 4.79 Å². The molecule has 19 heavy (non-hydrogen) atoms. The van der Waals surface area contributed by atoms with Crippen molar-refractivity contribution in [2.24, 2.45) is 0 Å². The van der Waals surface area contributed by atoms with Crippen molar-refractivity contribution in [1.29, 1.82) is 5.26 Å². The molecule has 0 aliphatic rings. The molecule has 0 saturated heterocycles. The van der Waals surface area contributed by atoms with Gasteiger partial charge in [-0.2, -0.15) is 5.26 Å². The Morgan fingerprint density at radius 1 is 1.53 bits per heavy atom. The Bertz CT molecular complexity index is 495. The first-order valence-electron chi connectivity index (χ1n) is 6.02. The van der Waals surface area contributed by atoms with Crippen molar-refractivity contribution >= 4 is 17.5 Å². The molecule has 102 valence electrons. The van der Waals surface area contributed by atoms with Crippen molar-refractivity contribution in [2.75, 3.05) is 13.7 Å². The monoisotopic (exact) mass is 280 g/mol. The summed E-state index contributed by atoms with van der Waals surface area (Å²) in [7, 11) is 1.50. The Balaban J connectivity index is 3.06. The maximum Gasteiger partial charge on any atom is 0.257 e. The van der Waals surface area contributed by atoms with Crippen LogP contribution >= 0.6 is 11.6 Å². The predicted molar refractivity (Wildman–Crippen MR) is 74.4 cm³/mol. The van der Waals surface area contributed by atoms with E-state index in [1.54, 1.807) is 23.1 Å². The van der Waals surface area contributed by atoms with Crippen LogP contribution in [-0.4, -0.2) is 30.5 Å². The van der Waals surface area contributed by atoms with Gasteiger partial charge in [0, 0.05) is 17.6 Å².